The van der Waals surface area contributed by atoms with E-state index in [1.54, 1.807) is 24.3 Å². The maximum absolute atomic E-state index is 12.1. The maximum Gasteiger partial charge on any atom is 0.305 e. The van der Waals surface area contributed by atoms with Gasteiger partial charge in [0.15, 0.2) is 6.61 Å². The molecule has 0 aliphatic heterocycles. The average molecular weight is 398 g/mol. The summed E-state index contributed by atoms with van der Waals surface area (Å²) in [6, 6.07) is 13.9. The van der Waals surface area contributed by atoms with E-state index in [2.05, 4.69) is 31.4 Å². The quantitative estimate of drug-likeness (QED) is 0.633. The van der Waals surface area contributed by atoms with Gasteiger partial charge in [0.2, 0.25) is 0 Å². The highest BCUT2D eigenvalue weighted by atomic mass is 16.5. The van der Waals surface area contributed by atoms with Crippen molar-refractivity contribution in [3.63, 3.8) is 0 Å². The number of hydrogen-bond donors (Lipinski definition) is 3. The highest BCUT2D eigenvalue weighted by molar-refractivity contribution is 5.96. The lowest BCUT2D eigenvalue weighted by atomic mass is 9.87. The Morgan fingerprint density at radius 3 is 2.14 bits per heavy atom. The van der Waals surface area contributed by atoms with Crippen molar-refractivity contribution in [2.75, 3.05) is 18.5 Å². The number of carbonyl (C=O) groups is 3. The molecule has 0 aliphatic rings. The molecule has 0 fully saturated rings. The molecule has 2 amide bonds. The highest BCUT2D eigenvalue weighted by Gasteiger charge is 2.13. The summed E-state index contributed by atoms with van der Waals surface area (Å²) in [6.07, 6.45) is -0.140. The van der Waals surface area contributed by atoms with Crippen molar-refractivity contribution in [1.82, 2.24) is 5.32 Å². The molecule has 2 aromatic rings. The van der Waals surface area contributed by atoms with E-state index in [1.165, 1.54) is 5.56 Å². The Morgan fingerprint density at radius 1 is 0.966 bits per heavy atom. The van der Waals surface area contributed by atoms with Crippen LogP contribution in [0.1, 0.15) is 43.1 Å². The Morgan fingerprint density at radius 2 is 1.59 bits per heavy atom. The lowest BCUT2D eigenvalue weighted by molar-refractivity contribution is -0.136. The first-order valence-electron chi connectivity index (χ1n) is 9.28. The van der Waals surface area contributed by atoms with Crippen molar-refractivity contribution >= 4 is 23.5 Å². The van der Waals surface area contributed by atoms with Gasteiger partial charge in [-0.15, -0.1) is 0 Å². The monoisotopic (exact) mass is 398 g/mol. The SMILES string of the molecule is CC(C)(C)c1ccc(OCC(=O)Nc2ccc(C(=O)NCCC(=O)O)cc2)cc1. The van der Waals surface area contributed by atoms with Crippen molar-refractivity contribution in [2.24, 2.45) is 0 Å². The highest BCUT2D eigenvalue weighted by Crippen LogP contribution is 2.24. The molecule has 0 radical (unpaired) electrons. The van der Waals surface area contributed by atoms with Gasteiger partial charge < -0.3 is 20.5 Å². The van der Waals surface area contributed by atoms with Crippen LogP contribution in [0.25, 0.3) is 0 Å². The van der Waals surface area contributed by atoms with E-state index in [9.17, 15) is 14.4 Å². The van der Waals surface area contributed by atoms with Gasteiger partial charge in [-0.3, -0.25) is 14.4 Å². The van der Waals surface area contributed by atoms with Crippen LogP contribution in [0.5, 0.6) is 5.75 Å². The van der Waals surface area contributed by atoms with Gasteiger partial charge in [-0.1, -0.05) is 32.9 Å². The molecule has 0 unspecified atom stereocenters. The predicted molar refractivity (Wildman–Crippen MR) is 110 cm³/mol. The van der Waals surface area contributed by atoms with Gasteiger partial charge in [-0.2, -0.15) is 0 Å². The number of carboxylic acid groups (broad SMARTS) is 1. The molecule has 0 atom stereocenters. The molecule has 7 heteroatoms. The molecule has 0 heterocycles. The Kier molecular flexibility index (Phi) is 7.36. The number of anilines is 1. The lowest BCUT2D eigenvalue weighted by Crippen LogP contribution is -2.26. The summed E-state index contributed by atoms with van der Waals surface area (Å²) in [4.78, 5) is 34.4. The summed E-state index contributed by atoms with van der Waals surface area (Å²) >= 11 is 0. The normalized spacial score (nSPS) is 10.9. The lowest BCUT2D eigenvalue weighted by Gasteiger charge is -2.19. The number of carboxylic acids is 1. The number of rotatable bonds is 8. The van der Waals surface area contributed by atoms with Crippen molar-refractivity contribution < 1.29 is 24.2 Å². The maximum atomic E-state index is 12.1. The molecule has 7 nitrogen and oxygen atoms in total. The minimum atomic E-state index is -0.976. The molecule has 0 saturated heterocycles. The van der Waals surface area contributed by atoms with E-state index in [0.29, 0.717) is 17.0 Å². The number of benzene rings is 2. The topological polar surface area (TPSA) is 105 Å². The molecule has 2 rings (SSSR count). The van der Waals surface area contributed by atoms with Crippen LogP contribution in [0.2, 0.25) is 0 Å². The molecule has 29 heavy (non-hydrogen) atoms. The number of hydrogen-bond acceptors (Lipinski definition) is 4. The van der Waals surface area contributed by atoms with Gasteiger partial charge >= 0.3 is 5.97 Å². The molecule has 3 N–H and O–H groups in total. The predicted octanol–water partition coefficient (Wildman–Crippen LogP) is 3.21. The molecular weight excluding hydrogens is 372 g/mol. The Balaban J connectivity index is 1.81. The van der Waals surface area contributed by atoms with Crippen molar-refractivity contribution in [2.45, 2.75) is 32.6 Å². The molecule has 0 saturated carbocycles. The second kappa shape index (κ2) is 9.73. The van der Waals surface area contributed by atoms with Crippen LogP contribution in [0, 0.1) is 0 Å². The molecule has 0 bridgehead atoms. The third-order valence-electron chi connectivity index (χ3n) is 4.15. The zero-order valence-corrected chi connectivity index (χ0v) is 16.8. The summed E-state index contributed by atoms with van der Waals surface area (Å²) in [5.74, 6) is -1.05. The average Bonchev–Trinajstić information content (AvgIpc) is 2.66. The second-order valence-corrected chi connectivity index (χ2v) is 7.59. The molecule has 0 aromatic heterocycles. The van der Waals surface area contributed by atoms with Crippen LogP contribution in [-0.4, -0.2) is 36.0 Å². The van der Waals surface area contributed by atoms with Gasteiger partial charge in [0.1, 0.15) is 5.75 Å². The van der Waals surface area contributed by atoms with Crippen LogP contribution in [0.4, 0.5) is 5.69 Å². The number of amides is 2. The Bertz CT molecular complexity index is 852. The fourth-order valence-electron chi connectivity index (χ4n) is 2.49. The number of aliphatic carboxylic acids is 1. The van der Waals surface area contributed by atoms with Gasteiger partial charge in [0.05, 0.1) is 6.42 Å². The standard InChI is InChI=1S/C22H26N2O5/c1-22(2,3)16-6-10-18(11-7-16)29-14-19(25)24-17-8-4-15(5-9-17)21(28)23-13-12-20(26)27/h4-11H,12-14H2,1-3H3,(H,23,28)(H,24,25)(H,26,27). The molecule has 0 spiro atoms. The van der Waals surface area contributed by atoms with Gasteiger partial charge in [-0.05, 0) is 47.4 Å². The molecular formula is C22H26N2O5. The van der Waals surface area contributed by atoms with Gasteiger partial charge in [0.25, 0.3) is 11.8 Å². The third-order valence-corrected chi connectivity index (χ3v) is 4.15. The Labute approximate surface area is 170 Å². The van der Waals surface area contributed by atoms with Crippen molar-refractivity contribution in [3.8, 4) is 5.75 Å². The van der Waals surface area contributed by atoms with E-state index >= 15 is 0 Å². The van der Waals surface area contributed by atoms with Gasteiger partial charge in [-0.25, -0.2) is 0 Å². The van der Waals surface area contributed by atoms with Crippen LogP contribution in [0.3, 0.4) is 0 Å². The summed E-state index contributed by atoms with van der Waals surface area (Å²) in [6.45, 7) is 6.30. The first-order valence-corrected chi connectivity index (χ1v) is 9.28. The zero-order chi connectivity index (χ0) is 21.4. The summed E-state index contributed by atoms with van der Waals surface area (Å²) in [5, 5.41) is 13.8. The van der Waals surface area contributed by atoms with E-state index in [4.69, 9.17) is 9.84 Å². The van der Waals surface area contributed by atoms with Crippen molar-refractivity contribution in [1.29, 1.82) is 0 Å². The minimum Gasteiger partial charge on any atom is -0.484 e. The first-order chi connectivity index (χ1) is 13.6. The third kappa shape index (κ3) is 7.29. The van der Waals surface area contributed by atoms with Crippen molar-refractivity contribution in [3.05, 3.63) is 59.7 Å². The number of ether oxygens (including phenoxy) is 1. The minimum absolute atomic E-state index is 0.0508. The largest absolute Gasteiger partial charge is 0.484 e. The molecule has 0 aliphatic carbocycles. The van der Waals surface area contributed by atoms with E-state index in [-0.39, 0.29) is 36.8 Å². The fraction of sp³-hybridized carbons (Fsp3) is 0.318. The van der Waals surface area contributed by atoms with Gasteiger partial charge in [0, 0.05) is 17.8 Å². The first kappa shape index (κ1) is 21.9. The van der Waals surface area contributed by atoms with Crippen LogP contribution < -0.4 is 15.4 Å². The second-order valence-electron chi connectivity index (χ2n) is 7.59. The van der Waals surface area contributed by atoms with E-state index < -0.39 is 5.97 Å². The zero-order valence-electron chi connectivity index (χ0n) is 16.8. The van der Waals surface area contributed by atoms with E-state index in [0.717, 1.165) is 0 Å². The molecule has 2 aromatic carbocycles. The van der Waals surface area contributed by atoms with Crippen LogP contribution in [0.15, 0.2) is 48.5 Å². The number of carbonyl (C=O) groups excluding carboxylic acids is 2. The summed E-state index contributed by atoms with van der Waals surface area (Å²) in [7, 11) is 0. The Hall–Kier alpha value is -3.35. The van der Waals surface area contributed by atoms with Crippen LogP contribution >= 0.6 is 0 Å². The van der Waals surface area contributed by atoms with Crippen LogP contribution in [-0.2, 0) is 15.0 Å². The molecule has 154 valence electrons. The smallest absolute Gasteiger partial charge is 0.305 e. The summed E-state index contributed by atoms with van der Waals surface area (Å²) in [5.41, 5.74) is 2.14. The number of nitrogens with one attached hydrogen (secondary N) is 2. The summed E-state index contributed by atoms with van der Waals surface area (Å²) < 4.78 is 5.51. The van der Waals surface area contributed by atoms with E-state index in [1.807, 2.05) is 24.3 Å². The fourth-order valence-corrected chi connectivity index (χ4v) is 2.49.